The van der Waals surface area contributed by atoms with Crippen LogP contribution >= 0.6 is 11.8 Å². The van der Waals surface area contributed by atoms with Gasteiger partial charge in [-0.05, 0) is 63.1 Å². The molecule has 2 aliphatic carbocycles. The molecular weight excluding hydrogens is 453 g/mol. The summed E-state index contributed by atoms with van der Waals surface area (Å²) in [4.78, 5) is 17.0. The molecule has 184 valence electrons. The maximum Gasteiger partial charge on any atom is 0.233 e. The third-order valence-corrected chi connectivity index (χ3v) is 8.86. The van der Waals surface area contributed by atoms with Gasteiger partial charge in [-0.1, -0.05) is 30.3 Å². The van der Waals surface area contributed by atoms with Crippen LogP contribution in [-0.2, 0) is 11.4 Å². The van der Waals surface area contributed by atoms with Crippen molar-refractivity contribution >= 4 is 17.7 Å². The number of amides is 1. The highest BCUT2D eigenvalue weighted by atomic mass is 32.2. The van der Waals surface area contributed by atoms with Gasteiger partial charge in [-0.2, -0.15) is 0 Å². The Labute approximate surface area is 205 Å². The average Bonchev–Trinajstić information content (AvgIpc) is 3.58. The SMILES string of the molecule is C[C@@H]([C@H]1C[C@H]2CC[C@H]1C2)n1c(COc2ccccc2F)nnc1SCC(=O)N1CCN(C)CC1. The average molecular weight is 488 g/mol. The molecule has 2 bridgehead atoms. The minimum atomic E-state index is -0.387. The minimum Gasteiger partial charge on any atom is -0.483 e. The first-order chi connectivity index (χ1) is 16.5. The van der Waals surface area contributed by atoms with E-state index in [0.717, 1.165) is 43.2 Å². The number of ether oxygens (including phenoxy) is 1. The quantitative estimate of drug-likeness (QED) is 0.527. The van der Waals surface area contributed by atoms with E-state index in [9.17, 15) is 9.18 Å². The lowest BCUT2D eigenvalue weighted by atomic mass is 9.84. The number of carbonyl (C=O) groups excluding carboxylic acids is 1. The van der Waals surface area contributed by atoms with Crippen LogP contribution in [0.1, 0.15) is 44.5 Å². The molecule has 2 aromatic rings. The summed E-state index contributed by atoms with van der Waals surface area (Å²) in [6, 6.07) is 6.63. The summed E-state index contributed by atoms with van der Waals surface area (Å²) in [5.41, 5.74) is 0. The molecule has 4 atom stereocenters. The summed E-state index contributed by atoms with van der Waals surface area (Å²) in [6.45, 7) is 5.74. The number of hydrogen-bond donors (Lipinski definition) is 0. The number of hydrogen-bond acceptors (Lipinski definition) is 6. The molecule has 0 N–H and O–H groups in total. The van der Waals surface area contributed by atoms with Crippen molar-refractivity contribution in [2.75, 3.05) is 39.0 Å². The van der Waals surface area contributed by atoms with Gasteiger partial charge in [0.25, 0.3) is 0 Å². The number of fused-ring (bicyclic) bond motifs is 2. The van der Waals surface area contributed by atoms with Crippen LogP contribution in [0, 0.1) is 23.6 Å². The predicted octanol–water partition coefficient (Wildman–Crippen LogP) is 3.86. The standard InChI is InChI=1S/C25H34FN5O2S/c1-17(20-14-18-7-8-19(20)13-18)31-23(15-33-22-6-4-3-5-21(22)26)27-28-25(31)34-16-24(32)30-11-9-29(2)10-12-30/h3-6,17-20H,7-16H2,1-2H3/t17-,18-,19-,20+/m0/s1. The van der Waals surface area contributed by atoms with E-state index in [4.69, 9.17) is 4.74 Å². The van der Waals surface area contributed by atoms with Gasteiger partial charge in [0.15, 0.2) is 22.5 Å². The minimum absolute atomic E-state index is 0.143. The molecule has 3 fully saturated rings. The monoisotopic (exact) mass is 487 g/mol. The van der Waals surface area contributed by atoms with Gasteiger partial charge >= 0.3 is 0 Å². The second kappa shape index (κ2) is 10.2. The Bertz CT molecular complexity index is 1010. The third-order valence-electron chi connectivity index (χ3n) is 7.93. The van der Waals surface area contributed by atoms with Crippen molar-refractivity contribution in [3.63, 3.8) is 0 Å². The van der Waals surface area contributed by atoms with E-state index in [0.29, 0.717) is 17.5 Å². The van der Waals surface area contributed by atoms with Crippen molar-refractivity contribution in [2.24, 2.45) is 17.8 Å². The molecule has 0 spiro atoms. The lowest BCUT2D eigenvalue weighted by molar-refractivity contribution is -0.129. The molecule has 1 aromatic carbocycles. The van der Waals surface area contributed by atoms with Crippen LogP contribution in [-0.4, -0.2) is 69.5 Å². The van der Waals surface area contributed by atoms with Gasteiger partial charge in [-0.3, -0.25) is 9.36 Å². The lowest BCUT2D eigenvalue weighted by Crippen LogP contribution is -2.47. The van der Waals surface area contributed by atoms with Crippen molar-refractivity contribution < 1.29 is 13.9 Å². The number of piperazine rings is 1. The van der Waals surface area contributed by atoms with Crippen molar-refractivity contribution in [3.8, 4) is 5.75 Å². The molecule has 0 unspecified atom stereocenters. The largest absolute Gasteiger partial charge is 0.483 e. The topological polar surface area (TPSA) is 63.5 Å². The molecule has 9 heteroatoms. The zero-order valence-corrected chi connectivity index (χ0v) is 20.8. The van der Waals surface area contributed by atoms with Gasteiger partial charge in [0.1, 0.15) is 6.61 Å². The highest BCUT2D eigenvalue weighted by Gasteiger charge is 2.43. The Morgan fingerprint density at radius 3 is 2.68 bits per heavy atom. The van der Waals surface area contributed by atoms with E-state index in [1.54, 1.807) is 18.2 Å². The first-order valence-corrected chi connectivity index (χ1v) is 13.4. The van der Waals surface area contributed by atoms with Crippen LogP contribution in [0.5, 0.6) is 5.75 Å². The molecular formula is C25H34FN5O2S. The first kappa shape index (κ1) is 23.6. The number of carbonyl (C=O) groups is 1. The maximum atomic E-state index is 14.1. The predicted molar refractivity (Wildman–Crippen MR) is 129 cm³/mol. The van der Waals surface area contributed by atoms with Gasteiger partial charge < -0.3 is 14.5 Å². The summed E-state index contributed by atoms with van der Waals surface area (Å²) in [5.74, 6) is 3.16. The molecule has 3 aliphatic rings. The molecule has 2 saturated carbocycles. The first-order valence-electron chi connectivity index (χ1n) is 12.4. The van der Waals surface area contributed by atoms with Gasteiger partial charge in [0.2, 0.25) is 5.91 Å². The Morgan fingerprint density at radius 1 is 1.18 bits per heavy atom. The summed E-state index contributed by atoms with van der Waals surface area (Å²) in [7, 11) is 2.08. The molecule has 1 aliphatic heterocycles. The van der Waals surface area contributed by atoms with Crippen LogP contribution < -0.4 is 4.74 Å². The Hall–Kier alpha value is -2.13. The third kappa shape index (κ3) is 4.96. The van der Waals surface area contributed by atoms with Crippen LogP contribution in [0.15, 0.2) is 29.4 Å². The van der Waals surface area contributed by atoms with Crippen molar-refractivity contribution in [3.05, 3.63) is 35.9 Å². The van der Waals surface area contributed by atoms with E-state index in [2.05, 4.69) is 33.6 Å². The molecule has 1 saturated heterocycles. The maximum absolute atomic E-state index is 14.1. The van der Waals surface area contributed by atoms with Crippen LogP contribution in [0.2, 0.25) is 0 Å². The second-order valence-electron chi connectivity index (χ2n) is 10.0. The smallest absolute Gasteiger partial charge is 0.233 e. The molecule has 0 radical (unpaired) electrons. The van der Waals surface area contributed by atoms with E-state index in [1.165, 1.54) is 43.5 Å². The lowest BCUT2D eigenvalue weighted by Gasteiger charge is -2.32. The van der Waals surface area contributed by atoms with Gasteiger partial charge in [0, 0.05) is 32.2 Å². The van der Waals surface area contributed by atoms with Crippen LogP contribution in [0.4, 0.5) is 4.39 Å². The summed E-state index contributed by atoms with van der Waals surface area (Å²) in [5, 5.41) is 9.64. The van der Waals surface area contributed by atoms with Crippen LogP contribution in [0.25, 0.3) is 0 Å². The van der Waals surface area contributed by atoms with E-state index < -0.39 is 0 Å². The number of likely N-dealkylation sites (N-methyl/N-ethyl adjacent to an activating group) is 1. The molecule has 1 aromatic heterocycles. The number of thioether (sulfide) groups is 1. The molecule has 1 amide bonds. The zero-order chi connectivity index (χ0) is 23.7. The van der Waals surface area contributed by atoms with Gasteiger partial charge in [-0.15, -0.1) is 10.2 Å². The number of rotatable bonds is 8. The fourth-order valence-electron chi connectivity index (χ4n) is 5.97. The van der Waals surface area contributed by atoms with Crippen LogP contribution in [0.3, 0.4) is 0 Å². The number of aromatic nitrogens is 3. The van der Waals surface area contributed by atoms with Crippen molar-refractivity contribution in [1.29, 1.82) is 0 Å². The van der Waals surface area contributed by atoms with Gasteiger partial charge in [-0.25, -0.2) is 4.39 Å². The normalized spacial score (nSPS) is 25.6. The number of para-hydroxylation sites is 1. The molecule has 5 rings (SSSR count). The van der Waals surface area contributed by atoms with E-state index in [1.807, 2.05) is 4.90 Å². The molecule has 2 heterocycles. The highest BCUT2D eigenvalue weighted by molar-refractivity contribution is 7.99. The fraction of sp³-hybridized carbons (Fsp3) is 0.640. The summed E-state index contributed by atoms with van der Waals surface area (Å²) < 4.78 is 22.1. The zero-order valence-electron chi connectivity index (χ0n) is 20.0. The molecule has 34 heavy (non-hydrogen) atoms. The molecule has 7 nitrogen and oxygen atoms in total. The Kier molecular flexibility index (Phi) is 7.11. The number of benzene rings is 1. The van der Waals surface area contributed by atoms with E-state index >= 15 is 0 Å². The Balaban J connectivity index is 1.32. The Morgan fingerprint density at radius 2 is 1.97 bits per heavy atom. The van der Waals surface area contributed by atoms with Crippen molar-refractivity contribution in [2.45, 2.75) is 50.4 Å². The van der Waals surface area contributed by atoms with E-state index in [-0.39, 0.29) is 30.1 Å². The summed E-state index contributed by atoms with van der Waals surface area (Å²) >= 11 is 1.46. The van der Waals surface area contributed by atoms with Gasteiger partial charge in [0.05, 0.1) is 5.75 Å². The number of halogens is 1. The number of nitrogens with zero attached hydrogens (tertiary/aromatic N) is 5. The highest BCUT2D eigenvalue weighted by Crippen LogP contribution is 2.52. The fourth-order valence-corrected chi connectivity index (χ4v) is 6.91. The second-order valence-corrected chi connectivity index (χ2v) is 11.0. The van der Waals surface area contributed by atoms with Crippen molar-refractivity contribution in [1.82, 2.24) is 24.6 Å². The summed E-state index contributed by atoms with van der Waals surface area (Å²) in [6.07, 6.45) is 5.21.